The summed E-state index contributed by atoms with van der Waals surface area (Å²) in [6.07, 6.45) is 8.77. The van der Waals surface area contributed by atoms with Gasteiger partial charge in [-0.3, -0.25) is 14.9 Å². The summed E-state index contributed by atoms with van der Waals surface area (Å²) in [4.78, 5) is 32.1. The van der Waals surface area contributed by atoms with Crippen LogP contribution >= 0.6 is 0 Å². The molecule has 0 spiro atoms. The number of methoxy groups -OCH3 is 1. The van der Waals surface area contributed by atoms with Gasteiger partial charge in [0.15, 0.2) is 0 Å². The van der Waals surface area contributed by atoms with Crippen molar-refractivity contribution in [2.45, 2.75) is 32.2 Å². The Morgan fingerprint density at radius 3 is 2.47 bits per heavy atom. The van der Waals surface area contributed by atoms with Gasteiger partial charge in [-0.1, -0.05) is 24.6 Å². The molecule has 4 heterocycles. The van der Waals surface area contributed by atoms with E-state index in [4.69, 9.17) is 4.74 Å². The number of fused-ring (bicyclic) bond motifs is 2. The number of carbonyl (C=O) groups is 2. The molecule has 4 aromatic rings. The number of benzene rings is 2. The number of para-hydroxylation sites is 1. The van der Waals surface area contributed by atoms with E-state index in [-0.39, 0.29) is 11.8 Å². The summed E-state index contributed by atoms with van der Waals surface area (Å²) in [5.74, 6) is -0.0158. The van der Waals surface area contributed by atoms with Crippen LogP contribution in [-0.2, 0) is 16.1 Å². The van der Waals surface area contributed by atoms with Crippen molar-refractivity contribution < 1.29 is 14.3 Å². The third-order valence-electron chi connectivity index (χ3n) is 7.47. The van der Waals surface area contributed by atoms with Crippen LogP contribution in [0.1, 0.15) is 36.8 Å². The molecule has 6 rings (SSSR count). The SMILES string of the molecule is COc1ccc2c(c1)c(C1=C(c3c[nH]c4ccccc34)C(=O)NC1=O)cn2CCCN1CCCCC1. The third-order valence-corrected chi connectivity index (χ3v) is 7.47. The number of H-pyrrole nitrogens is 1. The number of piperidine rings is 1. The Hall–Kier alpha value is -3.84. The number of ether oxygens (including phenoxy) is 1. The van der Waals surface area contributed by atoms with Gasteiger partial charge in [-0.2, -0.15) is 0 Å². The molecule has 1 fully saturated rings. The fourth-order valence-electron chi connectivity index (χ4n) is 5.68. The molecule has 0 aliphatic carbocycles. The van der Waals surface area contributed by atoms with Gasteiger partial charge in [0.1, 0.15) is 5.75 Å². The summed E-state index contributed by atoms with van der Waals surface area (Å²) in [5.41, 5.74) is 4.27. The van der Waals surface area contributed by atoms with E-state index in [1.807, 2.05) is 54.9 Å². The first-order valence-electron chi connectivity index (χ1n) is 12.7. The van der Waals surface area contributed by atoms with Gasteiger partial charge in [0.05, 0.1) is 18.3 Å². The molecule has 0 bridgehead atoms. The topological polar surface area (TPSA) is 79.4 Å². The predicted molar refractivity (Wildman–Crippen MR) is 142 cm³/mol. The van der Waals surface area contributed by atoms with Gasteiger partial charge in [-0.15, -0.1) is 0 Å². The number of aromatic nitrogens is 2. The minimum absolute atomic E-state index is 0.365. The molecule has 0 unspecified atom stereocenters. The van der Waals surface area contributed by atoms with Crippen LogP contribution in [0.2, 0.25) is 0 Å². The monoisotopic (exact) mass is 482 g/mol. The first-order chi connectivity index (χ1) is 17.6. The molecule has 0 atom stereocenters. The van der Waals surface area contributed by atoms with E-state index in [0.29, 0.717) is 16.9 Å². The fourth-order valence-corrected chi connectivity index (χ4v) is 5.68. The normalized spacial score (nSPS) is 16.9. The highest BCUT2D eigenvalue weighted by Gasteiger charge is 2.35. The van der Waals surface area contributed by atoms with Gasteiger partial charge in [0.2, 0.25) is 0 Å². The first kappa shape index (κ1) is 22.6. The zero-order valence-electron chi connectivity index (χ0n) is 20.5. The molecular formula is C29H30N4O3. The second-order valence-electron chi connectivity index (χ2n) is 9.66. The fraction of sp³-hybridized carbons (Fsp3) is 0.310. The smallest absolute Gasteiger partial charge is 0.259 e. The molecule has 2 aromatic carbocycles. The molecule has 2 aliphatic heterocycles. The number of aryl methyl sites for hydroxylation is 1. The number of rotatable bonds is 7. The number of imide groups is 1. The van der Waals surface area contributed by atoms with Crippen molar-refractivity contribution in [1.82, 2.24) is 19.8 Å². The highest BCUT2D eigenvalue weighted by molar-refractivity contribution is 6.50. The number of aromatic amines is 1. The molecule has 184 valence electrons. The molecular weight excluding hydrogens is 452 g/mol. The Morgan fingerprint density at radius 1 is 0.889 bits per heavy atom. The number of hydrogen-bond acceptors (Lipinski definition) is 4. The summed E-state index contributed by atoms with van der Waals surface area (Å²) in [6, 6.07) is 13.8. The summed E-state index contributed by atoms with van der Waals surface area (Å²) in [7, 11) is 1.64. The second-order valence-corrected chi connectivity index (χ2v) is 9.66. The molecule has 7 nitrogen and oxygen atoms in total. The molecule has 0 saturated carbocycles. The van der Waals surface area contributed by atoms with Crippen LogP contribution in [0.4, 0.5) is 0 Å². The van der Waals surface area contributed by atoms with Crippen molar-refractivity contribution in [3.8, 4) is 5.75 Å². The van der Waals surface area contributed by atoms with Gasteiger partial charge < -0.3 is 19.2 Å². The molecule has 2 amide bonds. The second kappa shape index (κ2) is 9.32. The van der Waals surface area contributed by atoms with E-state index in [1.54, 1.807) is 7.11 Å². The molecule has 7 heteroatoms. The Balaban J connectivity index is 1.45. The molecule has 36 heavy (non-hydrogen) atoms. The Morgan fingerprint density at radius 2 is 1.67 bits per heavy atom. The average molecular weight is 483 g/mol. The molecule has 2 aromatic heterocycles. The lowest BCUT2D eigenvalue weighted by Gasteiger charge is -2.26. The van der Waals surface area contributed by atoms with Crippen LogP contribution in [0.3, 0.4) is 0 Å². The Kier molecular flexibility index (Phi) is 5.85. The van der Waals surface area contributed by atoms with Crippen molar-refractivity contribution in [3.63, 3.8) is 0 Å². The zero-order valence-corrected chi connectivity index (χ0v) is 20.5. The van der Waals surface area contributed by atoms with Gasteiger partial charge in [0.25, 0.3) is 11.8 Å². The predicted octanol–water partition coefficient (Wildman–Crippen LogP) is 4.57. The van der Waals surface area contributed by atoms with E-state index >= 15 is 0 Å². The molecule has 2 aliphatic rings. The number of amides is 2. The summed E-state index contributed by atoms with van der Waals surface area (Å²) < 4.78 is 7.72. The van der Waals surface area contributed by atoms with Crippen LogP contribution in [0.25, 0.3) is 33.0 Å². The lowest BCUT2D eigenvalue weighted by molar-refractivity contribution is -0.122. The largest absolute Gasteiger partial charge is 0.497 e. The lowest BCUT2D eigenvalue weighted by Crippen LogP contribution is -2.31. The maximum atomic E-state index is 13.2. The summed E-state index contributed by atoms with van der Waals surface area (Å²) in [5, 5.41) is 4.37. The quantitative estimate of drug-likeness (QED) is 0.378. The molecule has 1 saturated heterocycles. The highest BCUT2D eigenvalue weighted by atomic mass is 16.5. The van der Waals surface area contributed by atoms with Crippen LogP contribution in [0.5, 0.6) is 5.75 Å². The van der Waals surface area contributed by atoms with Gasteiger partial charge >= 0.3 is 0 Å². The van der Waals surface area contributed by atoms with Crippen LogP contribution in [0.15, 0.2) is 54.9 Å². The van der Waals surface area contributed by atoms with Crippen LogP contribution < -0.4 is 10.1 Å². The van der Waals surface area contributed by atoms with E-state index in [1.165, 1.54) is 32.4 Å². The van der Waals surface area contributed by atoms with Gasteiger partial charge in [-0.05, 0) is 63.2 Å². The number of nitrogens with zero attached hydrogens (tertiary/aromatic N) is 2. The number of carbonyl (C=O) groups excluding carboxylic acids is 2. The van der Waals surface area contributed by atoms with Crippen molar-refractivity contribution in [1.29, 1.82) is 0 Å². The third kappa shape index (κ3) is 3.89. The highest BCUT2D eigenvalue weighted by Crippen LogP contribution is 2.39. The zero-order chi connectivity index (χ0) is 24.6. The maximum absolute atomic E-state index is 13.2. The Bertz CT molecular complexity index is 1500. The van der Waals surface area contributed by atoms with Gasteiger partial charge in [0, 0.05) is 51.9 Å². The van der Waals surface area contributed by atoms with E-state index in [2.05, 4.69) is 19.8 Å². The minimum Gasteiger partial charge on any atom is -0.497 e. The van der Waals surface area contributed by atoms with Crippen molar-refractivity contribution >= 4 is 44.8 Å². The minimum atomic E-state index is -0.367. The lowest BCUT2D eigenvalue weighted by atomic mass is 9.95. The number of hydrogen-bond donors (Lipinski definition) is 2. The average Bonchev–Trinajstić information content (AvgIpc) is 3.57. The number of nitrogens with one attached hydrogen (secondary N) is 2. The van der Waals surface area contributed by atoms with E-state index in [0.717, 1.165) is 52.4 Å². The van der Waals surface area contributed by atoms with E-state index < -0.39 is 0 Å². The maximum Gasteiger partial charge on any atom is 0.259 e. The van der Waals surface area contributed by atoms with Crippen LogP contribution in [0, 0.1) is 0 Å². The first-order valence-corrected chi connectivity index (χ1v) is 12.7. The van der Waals surface area contributed by atoms with E-state index in [9.17, 15) is 9.59 Å². The van der Waals surface area contributed by atoms with Crippen molar-refractivity contribution in [2.24, 2.45) is 0 Å². The molecule has 2 N–H and O–H groups in total. The van der Waals surface area contributed by atoms with Gasteiger partial charge in [-0.25, -0.2) is 0 Å². The van der Waals surface area contributed by atoms with Crippen molar-refractivity contribution in [3.05, 3.63) is 66.0 Å². The van der Waals surface area contributed by atoms with Crippen LogP contribution in [-0.4, -0.2) is 53.0 Å². The summed E-state index contributed by atoms with van der Waals surface area (Å²) >= 11 is 0. The van der Waals surface area contributed by atoms with Crippen molar-refractivity contribution in [2.75, 3.05) is 26.7 Å². The summed E-state index contributed by atoms with van der Waals surface area (Å²) in [6.45, 7) is 4.26. The Labute approximate surface area is 209 Å². The molecule has 0 radical (unpaired) electrons. The number of likely N-dealkylation sites (tertiary alicyclic amines) is 1. The standard InChI is InChI=1S/C29H30N4O3/c1-36-19-10-11-25-21(16-19)23(18-33(25)15-7-14-32-12-5-2-6-13-32)27-26(28(34)31-29(27)35)22-17-30-24-9-4-3-8-20(22)24/h3-4,8-11,16-18,30H,2,5-7,12-15H2,1H3,(H,31,34,35).